The van der Waals surface area contributed by atoms with Gasteiger partial charge in [0.2, 0.25) is 0 Å². The fraction of sp³-hybridized carbons (Fsp3) is 0.600. The molecule has 100 valence electrons. The first-order valence-corrected chi connectivity index (χ1v) is 6.84. The van der Waals surface area contributed by atoms with Gasteiger partial charge in [0.05, 0.1) is 18.2 Å². The van der Waals surface area contributed by atoms with Gasteiger partial charge >= 0.3 is 0 Å². The molecule has 0 bridgehead atoms. The topological polar surface area (TPSA) is 41.5 Å². The zero-order chi connectivity index (χ0) is 12.8. The van der Waals surface area contributed by atoms with Crippen molar-refractivity contribution in [1.29, 1.82) is 0 Å². The molecule has 1 unspecified atom stereocenters. The lowest BCUT2D eigenvalue weighted by Gasteiger charge is -2.37. The maximum absolute atomic E-state index is 10.5. The van der Waals surface area contributed by atoms with Crippen molar-refractivity contribution in [3.8, 4) is 0 Å². The Labute approximate surface area is 109 Å². The first kappa shape index (κ1) is 13.5. The van der Waals surface area contributed by atoms with Crippen LogP contribution in [-0.2, 0) is 11.4 Å². The van der Waals surface area contributed by atoms with Gasteiger partial charge in [-0.05, 0) is 25.3 Å². The van der Waals surface area contributed by atoms with Gasteiger partial charge in [0.1, 0.15) is 0 Å². The molecule has 2 N–H and O–H groups in total. The standard InChI is InChI=1S/C15H23NO2/c1-13(15(17)10-6-3-7-11-15)16-18-12-14-8-4-2-5-9-14/h2,4-5,8-9,13,16-17H,3,6-7,10-12H2,1H3. The lowest BCUT2D eigenvalue weighted by molar-refractivity contribution is -0.0901. The third-order valence-corrected chi connectivity index (χ3v) is 3.87. The van der Waals surface area contributed by atoms with Gasteiger partial charge in [-0.15, -0.1) is 0 Å². The van der Waals surface area contributed by atoms with Crippen molar-refractivity contribution in [3.05, 3.63) is 35.9 Å². The Morgan fingerprint density at radius 2 is 1.89 bits per heavy atom. The Bertz CT molecular complexity index is 347. The summed E-state index contributed by atoms with van der Waals surface area (Å²) >= 11 is 0. The van der Waals surface area contributed by atoms with Gasteiger partial charge in [0, 0.05) is 0 Å². The Hall–Kier alpha value is -0.900. The van der Waals surface area contributed by atoms with Crippen LogP contribution in [0.3, 0.4) is 0 Å². The number of hydrogen-bond donors (Lipinski definition) is 2. The largest absolute Gasteiger partial charge is 0.388 e. The molecule has 1 aliphatic rings. The van der Waals surface area contributed by atoms with Gasteiger partial charge in [-0.1, -0.05) is 49.6 Å². The Morgan fingerprint density at radius 1 is 1.22 bits per heavy atom. The number of benzene rings is 1. The van der Waals surface area contributed by atoms with E-state index in [1.807, 2.05) is 37.3 Å². The summed E-state index contributed by atoms with van der Waals surface area (Å²) in [6.07, 6.45) is 5.20. The predicted octanol–water partition coefficient (Wildman–Crippen LogP) is 2.79. The minimum atomic E-state index is -0.602. The molecule has 0 spiro atoms. The first-order chi connectivity index (χ1) is 8.71. The Morgan fingerprint density at radius 3 is 2.56 bits per heavy atom. The summed E-state index contributed by atoms with van der Waals surface area (Å²) in [4.78, 5) is 5.49. The van der Waals surface area contributed by atoms with E-state index in [1.165, 1.54) is 6.42 Å². The zero-order valence-electron chi connectivity index (χ0n) is 11.1. The summed E-state index contributed by atoms with van der Waals surface area (Å²) < 4.78 is 0. The molecule has 0 aliphatic heterocycles. The smallest absolute Gasteiger partial charge is 0.0933 e. The monoisotopic (exact) mass is 249 g/mol. The number of aliphatic hydroxyl groups is 1. The van der Waals surface area contributed by atoms with Crippen molar-refractivity contribution in [1.82, 2.24) is 5.48 Å². The minimum Gasteiger partial charge on any atom is -0.388 e. The van der Waals surface area contributed by atoms with Crippen molar-refractivity contribution in [3.63, 3.8) is 0 Å². The quantitative estimate of drug-likeness (QED) is 0.788. The van der Waals surface area contributed by atoms with Crippen LogP contribution in [0.5, 0.6) is 0 Å². The van der Waals surface area contributed by atoms with Crippen molar-refractivity contribution in [2.75, 3.05) is 0 Å². The number of hydrogen-bond acceptors (Lipinski definition) is 3. The average Bonchev–Trinajstić information content (AvgIpc) is 2.41. The van der Waals surface area contributed by atoms with Gasteiger partial charge in [0.15, 0.2) is 0 Å². The van der Waals surface area contributed by atoms with E-state index in [9.17, 15) is 5.11 Å². The predicted molar refractivity (Wildman–Crippen MR) is 71.9 cm³/mol. The number of nitrogens with one attached hydrogen (secondary N) is 1. The molecular formula is C15H23NO2. The fourth-order valence-electron chi connectivity index (χ4n) is 2.53. The van der Waals surface area contributed by atoms with Gasteiger partial charge in [-0.2, -0.15) is 5.48 Å². The van der Waals surface area contributed by atoms with Gasteiger partial charge in [-0.3, -0.25) is 4.84 Å². The summed E-state index contributed by atoms with van der Waals surface area (Å²) in [6, 6.07) is 10.0. The normalized spacial score (nSPS) is 20.6. The summed E-state index contributed by atoms with van der Waals surface area (Å²) in [5.74, 6) is 0. The first-order valence-electron chi connectivity index (χ1n) is 6.84. The molecule has 0 heterocycles. The summed E-state index contributed by atoms with van der Waals surface area (Å²) in [7, 11) is 0. The van der Waals surface area contributed by atoms with Crippen LogP contribution in [0.25, 0.3) is 0 Å². The van der Waals surface area contributed by atoms with Crippen molar-refractivity contribution in [2.24, 2.45) is 0 Å². The summed E-state index contributed by atoms with van der Waals surface area (Å²) in [6.45, 7) is 2.53. The van der Waals surface area contributed by atoms with Crippen LogP contribution >= 0.6 is 0 Å². The van der Waals surface area contributed by atoms with Crippen molar-refractivity contribution >= 4 is 0 Å². The zero-order valence-corrected chi connectivity index (χ0v) is 11.1. The van der Waals surface area contributed by atoms with E-state index in [2.05, 4.69) is 5.48 Å². The van der Waals surface area contributed by atoms with Gasteiger partial charge in [0.25, 0.3) is 0 Å². The van der Waals surface area contributed by atoms with E-state index in [1.54, 1.807) is 0 Å². The molecular weight excluding hydrogens is 226 g/mol. The highest BCUT2D eigenvalue weighted by molar-refractivity contribution is 5.13. The van der Waals surface area contributed by atoms with Crippen LogP contribution < -0.4 is 5.48 Å². The van der Waals surface area contributed by atoms with Crippen LogP contribution in [0, 0.1) is 0 Å². The number of hydroxylamine groups is 1. The second-order valence-corrected chi connectivity index (χ2v) is 5.28. The molecule has 1 saturated carbocycles. The molecule has 2 rings (SSSR count). The van der Waals surface area contributed by atoms with Crippen molar-refractivity contribution < 1.29 is 9.94 Å². The van der Waals surface area contributed by atoms with Crippen LogP contribution in [-0.4, -0.2) is 16.7 Å². The van der Waals surface area contributed by atoms with E-state index in [0.717, 1.165) is 31.2 Å². The summed E-state index contributed by atoms with van der Waals surface area (Å²) in [5.41, 5.74) is 3.52. The Balaban J connectivity index is 1.76. The Kier molecular flexibility index (Phi) is 4.75. The average molecular weight is 249 g/mol. The molecule has 1 aromatic carbocycles. The molecule has 1 atom stereocenters. The molecule has 0 radical (unpaired) electrons. The summed E-state index contributed by atoms with van der Waals surface area (Å²) in [5, 5.41) is 10.5. The lowest BCUT2D eigenvalue weighted by atomic mass is 9.80. The lowest BCUT2D eigenvalue weighted by Crippen LogP contribution is -2.50. The van der Waals surface area contributed by atoms with Crippen LogP contribution in [0.4, 0.5) is 0 Å². The minimum absolute atomic E-state index is 0.0264. The number of rotatable bonds is 5. The van der Waals surface area contributed by atoms with Crippen LogP contribution in [0.1, 0.15) is 44.6 Å². The molecule has 0 aromatic heterocycles. The second kappa shape index (κ2) is 6.32. The van der Waals surface area contributed by atoms with Crippen LogP contribution in [0.2, 0.25) is 0 Å². The van der Waals surface area contributed by atoms with E-state index in [-0.39, 0.29) is 6.04 Å². The third kappa shape index (κ3) is 3.55. The molecule has 1 aromatic rings. The fourth-order valence-corrected chi connectivity index (χ4v) is 2.53. The molecule has 0 amide bonds. The van der Waals surface area contributed by atoms with E-state index < -0.39 is 5.60 Å². The second-order valence-electron chi connectivity index (χ2n) is 5.28. The molecule has 1 aliphatic carbocycles. The van der Waals surface area contributed by atoms with E-state index >= 15 is 0 Å². The van der Waals surface area contributed by atoms with Crippen LogP contribution in [0.15, 0.2) is 30.3 Å². The van der Waals surface area contributed by atoms with E-state index in [4.69, 9.17) is 4.84 Å². The van der Waals surface area contributed by atoms with Gasteiger partial charge < -0.3 is 5.11 Å². The highest BCUT2D eigenvalue weighted by atomic mass is 16.6. The SMILES string of the molecule is CC(NOCc1ccccc1)C1(O)CCCCC1. The maximum atomic E-state index is 10.5. The molecule has 18 heavy (non-hydrogen) atoms. The third-order valence-electron chi connectivity index (χ3n) is 3.87. The molecule has 3 heteroatoms. The molecule has 0 saturated heterocycles. The van der Waals surface area contributed by atoms with Crippen molar-refractivity contribution in [2.45, 2.75) is 57.3 Å². The molecule has 1 fully saturated rings. The van der Waals surface area contributed by atoms with Gasteiger partial charge in [-0.25, -0.2) is 0 Å². The maximum Gasteiger partial charge on any atom is 0.0933 e. The van der Waals surface area contributed by atoms with E-state index in [0.29, 0.717) is 6.61 Å². The molecule has 3 nitrogen and oxygen atoms in total. The highest BCUT2D eigenvalue weighted by Gasteiger charge is 2.35. The highest BCUT2D eigenvalue weighted by Crippen LogP contribution is 2.30.